The molecule has 0 aliphatic carbocycles. The first-order chi connectivity index (χ1) is 11.9. The monoisotopic (exact) mass is 345 g/mol. The first-order valence-electron chi connectivity index (χ1n) is 8.63. The van der Waals surface area contributed by atoms with Crippen molar-refractivity contribution in [1.82, 2.24) is 14.5 Å². The van der Waals surface area contributed by atoms with E-state index in [0.717, 1.165) is 17.8 Å². The van der Waals surface area contributed by atoms with E-state index in [0.29, 0.717) is 25.6 Å². The topological polar surface area (TPSA) is 58.4 Å². The molecule has 1 saturated heterocycles. The van der Waals surface area contributed by atoms with E-state index in [1.807, 2.05) is 18.6 Å². The Morgan fingerprint density at radius 3 is 2.88 bits per heavy atom. The Morgan fingerprint density at radius 2 is 2.20 bits per heavy atom. The van der Waals surface area contributed by atoms with Crippen molar-refractivity contribution in [3.05, 3.63) is 53.9 Å². The normalized spacial score (nSPS) is 21.1. The predicted molar refractivity (Wildman–Crippen MR) is 92.6 cm³/mol. The Morgan fingerprint density at radius 1 is 1.40 bits per heavy atom. The van der Waals surface area contributed by atoms with Gasteiger partial charge in [0.25, 0.3) is 0 Å². The van der Waals surface area contributed by atoms with Crippen molar-refractivity contribution < 1.29 is 14.3 Å². The maximum absolute atomic E-state index is 13.6. The number of carboxylic acid groups (broad SMARTS) is 1. The van der Waals surface area contributed by atoms with E-state index in [2.05, 4.69) is 28.3 Å². The van der Waals surface area contributed by atoms with Crippen LogP contribution in [0.4, 0.5) is 4.39 Å². The summed E-state index contributed by atoms with van der Waals surface area (Å²) in [6, 6.07) is 6.30. The van der Waals surface area contributed by atoms with Gasteiger partial charge in [-0.05, 0) is 23.6 Å². The van der Waals surface area contributed by atoms with E-state index >= 15 is 0 Å². The van der Waals surface area contributed by atoms with Crippen LogP contribution < -0.4 is 0 Å². The lowest BCUT2D eigenvalue weighted by atomic mass is 9.89. The third-order valence-corrected chi connectivity index (χ3v) is 4.74. The van der Waals surface area contributed by atoms with Crippen molar-refractivity contribution in [2.75, 3.05) is 13.1 Å². The molecule has 2 heterocycles. The molecule has 6 heteroatoms. The van der Waals surface area contributed by atoms with Crippen LogP contribution in [0.25, 0.3) is 0 Å². The van der Waals surface area contributed by atoms with E-state index in [9.17, 15) is 14.3 Å². The van der Waals surface area contributed by atoms with E-state index < -0.39 is 11.9 Å². The number of halogens is 1. The number of likely N-dealkylation sites (tertiary alicyclic amines) is 1. The minimum absolute atomic E-state index is 0.199. The molecular weight excluding hydrogens is 321 g/mol. The molecule has 0 spiro atoms. The zero-order valence-electron chi connectivity index (χ0n) is 14.6. The minimum atomic E-state index is -0.826. The SMILES string of the molecule is CC(C)Cn1cncc1CN1C[C@H](C(=O)O)[C@@H](c2cccc(F)c2)C1. The zero-order valence-corrected chi connectivity index (χ0v) is 14.6. The lowest BCUT2D eigenvalue weighted by Gasteiger charge is -2.18. The average Bonchev–Trinajstić information content (AvgIpc) is 3.15. The van der Waals surface area contributed by atoms with Gasteiger partial charge in [-0.1, -0.05) is 26.0 Å². The van der Waals surface area contributed by atoms with Gasteiger partial charge in [0, 0.05) is 38.3 Å². The number of imidazole rings is 1. The minimum Gasteiger partial charge on any atom is -0.481 e. The molecule has 1 N–H and O–H groups in total. The molecule has 2 aromatic rings. The highest BCUT2D eigenvalue weighted by molar-refractivity contribution is 5.72. The van der Waals surface area contributed by atoms with Gasteiger partial charge in [0.15, 0.2) is 0 Å². The largest absolute Gasteiger partial charge is 0.481 e. The second kappa shape index (κ2) is 7.35. The van der Waals surface area contributed by atoms with Crippen LogP contribution in [0.5, 0.6) is 0 Å². The van der Waals surface area contributed by atoms with Crippen LogP contribution >= 0.6 is 0 Å². The maximum atomic E-state index is 13.6. The standard InChI is InChI=1S/C19H24FN3O2/c1-13(2)8-23-12-21-7-16(23)9-22-10-17(18(11-22)19(24)25)14-4-3-5-15(20)6-14/h3-7,12-13,17-18H,8-11H2,1-2H3,(H,24,25)/t17-,18+/m1/s1. The summed E-state index contributed by atoms with van der Waals surface area (Å²) >= 11 is 0. The summed E-state index contributed by atoms with van der Waals surface area (Å²) in [5.74, 6) is -1.36. The highest BCUT2D eigenvalue weighted by Gasteiger charge is 2.38. The first-order valence-corrected chi connectivity index (χ1v) is 8.63. The number of hydrogen-bond acceptors (Lipinski definition) is 3. The van der Waals surface area contributed by atoms with Gasteiger partial charge < -0.3 is 9.67 Å². The summed E-state index contributed by atoms with van der Waals surface area (Å²) in [6.07, 6.45) is 3.66. The maximum Gasteiger partial charge on any atom is 0.308 e. The fraction of sp³-hybridized carbons (Fsp3) is 0.474. The van der Waals surface area contributed by atoms with Gasteiger partial charge in [0.2, 0.25) is 0 Å². The molecule has 1 aliphatic rings. The van der Waals surface area contributed by atoms with Crippen LogP contribution in [0, 0.1) is 17.7 Å². The Hall–Kier alpha value is -2.21. The van der Waals surface area contributed by atoms with E-state index in [1.165, 1.54) is 12.1 Å². The van der Waals surface area contributed by atoms with E-state index in [1.54, 1.807) is 6.07 Å². The summed E-state index contributed by atoms with van der Waals surface area (Å²) in [6.45, 7) is 6.91. The number of benzene rings is 1. The van der Waals surface area contributed by atoms with Crippen LogP contribution in [0.3, 0.4) is 0 Å². The van der Waals surface area contributed by atoms with Crippen molar-refractivity contribution in [3.63, 3.8) is 0 Å². The molecule has 1 aromatic carbocycles. The highest BCUT2D eigenvalue weighted by atomic mass is 19.1. The third-order valence-electron chi connectivity index (χ3n) is 4.74. The fourth-order valence-electron chi connectivity index (χ4n) is 3.61. The Bertz CT molecular complexity index is 744. The van der Waals surface area contributed by atoms with Crippen molar-refractivity contribution in [3.8, 4) is 0 Å². The molecule has 0 bridgehead atoms. The molecule has 25 heavy (non-hydrogen) atoms. The van der Waals surface area contributed by atoms with Gasteiger partial charge >= 0.3 is 5.97 Å². The summed E-state index contributed by atoms with van der Waals surface area (Å²) in [4.78, 5) is 18.1. The van der Waals surface area contributed by atoms with Crippen molar-refractivity contribution in [2.45, 2.75) is 32.9 Å². The van der Waals surface area contributed by atoms with E-state index in [-0.39, 0.29) is 11.7 Å². The average molecular weight is 345 g/mol. The van der Waals surface area contributed by atoms with Crippen molar-refractivity contribution >= 4 is 5.97 Å². The number of carbonyl (C=O) groups is 1. The molecule has 0 amide bonds. The van der Waals surface area contributed by atoms with Crippen molar-refractivity contribution in [1.29, 1.82) is 0 Å². The number of carboxylic acids is 1. The molecule has 2 atom stereocenters. The highest BCUT2D eigenvalue weighted by Crippen LogP contribution is 2.34. The summed E-state index contributed by atoms with van der Waals surface area (Å²) in [7, 11) is 0. The molecule has 134 valence electrons. The van der Waals surface area contributed by atoms with Gasteiger partial charge in [-0.2, -0.15) is 0 Å². The molecule has 0 unspecified atom stereocenters. The number of aromatic nitrogens is 2. The quantitative estimate of drug-likeness (QED) is 0.874. The van der Waals surface area contributed by atoms with Gasteiger partial charge in [-0.15, -0.1) is 0 Å². The molecule has 0 saturated carbocycles. The first kappa shape index (κ1) is 17.6. The molecule has 1 aromatic heterocycles. The molecule has 3 rings (SSSR count). The van der Waals surface area contributed by atoms with E-state index in [4.69, 9.17) is 0 Å². The van der Waals surface area contributed by atoms with Gasteiger partial charge in [0.1, 0.15) is 5.82 Å². The van der Waals surface area contributed by atoms with Crippen molar-refractivity contribution in [2.24, 2.45) is 11.8 Å². The van der Waals surface area contributed by atoms with Crippen LogP contribution in [0.2, 0.25) is 0 Å². The van der Waals surface area contributed by atoms with Gasteiger partial charge in [-0.25, -0.2) is 9.37 Å². The Balaban J connectivity index is 1.77. The molecule has 5 nitrogen and oxygen atoms in total. The third kappa shape index (κ3) is 4.07. The number of rotatable bonds is 6. The fourth-order valence-corrected chi connectivity index (χ4v) is 3.61. The van der Waals surface area contributed by atoms with Gasteiger partial charge in [-0.3, -0.25) is 9.69 Å². The number of nitrogens with zero attached hydrogens (tertiary/aromatic N) is 3. The second-order valence-electron chi connectivity index (χ2n) is 7.23. The Kier molecular flexibility index (Phi) is 5.18. The predicted octanol–water partition coefficient (Wildman–Crippen LogP) is 2.98. The summed E-state index contributed by atoms with van der Waals surface area (Å²) in [5.41, 5.74) is 1.84. The van der Waals surface area contributed by atoms with Crippen LogP contribution in [-0.4, -0.2) is 38.6 Å². The number of hydrogen-bond donors (Lipinski definition) is 1. The number of aliphatic carboxylic acids is 1. The lowest BCUT2D eigenvalue weighted by Crippen LogP contribution is -2.24. The summed E-state index contributed by atoms with van der Waals surface area (Å²) < 4.78 is 15.7. The lowest BCUT2D eigenvalue weighted by molar-refractivity contribution is -0.141. The Labute approximate surface area is 147 Å². The van der Waals surface area contributed by atoms with Gasteiger partial charge in [0.05, 0.1) is 17.9 Å². The van der Waals surface area contributed by atoms with Crippen LogP contribution in [0.15, 0.2) is 36.8 Å². The van der Waals surface area contributed by atoms with Crippen LogP contribution in [-0.2, 0) is 17.9 Å². The second-order valence-corrected chi connectivity index (χ2v) is 7.23. The zero-order chi connectivity index (χ0) is 18.0. The van der Waals surface area contributed by atoms with Crippen LogP contribution in [0.1, 0.15) is 31.0 Å². The molecule has 0 radical (unpaired) electrons. The smallest absolute Gasteiger partial charge is 0.308 e. The summed E-state index contributed by atoms with van der Waals surface area (Å²) in [5, 5.41) is 9.59. The molecule has 1 fully saturated rings. The molecular formula is C19H24FN3O2. The molecule has 1 aliphatic heterocycles.